The molecule has 0 aromatic heterocycles. The molecule has 3 aliphatic rings. The van der Waals surface area contributed by atoms with Gasteiger partial charge in [0.15, 0.2) is 11.4 Å². The van der Waals surface area contributed by atoms with Crippen molar-refractivity contribution >= 4 is 17.5 Å². The first-order chi connectivity index (χ1) is 18.8. The van der Waals surface area contributed by atoms with Gasteiger partial charge in [0.2, 0.25) is 5.78 Å². The van der Waals surface area contributed by atoms with E-state index in [1.165, 1.54) is 18.1 Å². The first-order valence-electron chi connectivity index (χ1n) is 13.6. The lowest BCUT2D eigenvalue weighted by Crippen LogP contribution is -2.63. The third kappa shape index (κ3) is 4.36. The molecule has 4 rings (SSSR count). The lowest BCUT2D eigenvalue weighted by molar-refractivity contribution is -0.148. The second-order valence-electron chi connectivity index (χ2n) is 11.1. The number of carbonyl (C=O) groups is 3. The summed E-state index contributed by atoms with van der Waals surface area (Å²) in [6.45, 7) is 6.31. The smallest absolute Gasteiger partial charge is 0.255 e. The van der Waals surface area contributed by atoms with Crippen LogP contribution >= 0.6 is 0 Å². The van der Waals surface area contributed by atoms with Gasteiger partial charge in [-0.2, -0.15) is 0 Å². The van der Waals surface area contributed by atoms with E-state index in [-0.39, 0.29) is 29.7 Å². The lowest BCUT2D eigenvalue weighted by atomic mass is 9.58. The minimum atomic E-state index is -2.66. The zero-order chi connectivity index (χ0) is 29.7. The summed E-state index contributed by atoms with van der Waals surface area (Å²) in [4.78, 5) is 43.1. The van der Waals surface area contributed by atoms with Crippen LogP contribution in [0.15, 0.2) is 28.7 Å². The summed E-state index contributed by atoms with van der Waals surface area (Å²) in [5.74, 6) is -6.27. The van der Waals surface area contributed by atoms with E-state index < -0.39 is 58.0 Å². The Labute approximate surface area is 233 Å². The van der Waals surface area contributed by atoms with Crippen molar-refractivity contribution in [2.75, 3.05) is 34.3 Å². The van der Waals surface area contributed by atoms with E-state index in [1.54, 1.807) is 14.1 Å². The summed E-state index contributed by atoms with van der Waals surface area (Å²) in [5, 5.41) is 45.1. The van der Waals surface area contributed by atoms with Gasteiger partial charge in [0.1, 0.15) is 28.6 Å². The van der Waals surface area contributed by atoms with Gasteiger partial charge in [0.05, 0.1) is 18.7 Å². The number of nitrogens with two attached hydrogens (primary N) is 1. The van der Waals surface area contributed by atoms with Crippen LogP contribution in [0.3, 0.4) is 0 Å². The van der Waals surface area contributed by atoms with Gasteiger partial charge in [-0.1, -0.05) is 20.3 Å². The molecule has 11 nitrogen and oxygen atoms in total. The average Bonchev–Trinajstić information content (AvgIpc) is 2.88. The number of ether oxygens (including phenoxy) is 1. The van der Waals surface area contributed by atoms with Crippen molar-refractivity contribution in [2.24, 2.45) is 17.6 Å². The molecule has 0 spiro atoms. The quantitative estimate of drug-likeness (QED) is 0.281. The number of methoxy groups -OCH3 is 1. The number of phenolic OH excluding ortho intramolecular Hbond substituents is 1. The van der Waals surface area contributed by atoms with E-state index in [2.05, 4.69) is 11.8 Å². The van der Waals surface area contributed by atoms with Crippen LogP contribution in [0.2, 0.25) is 0 Å². The molecule has 0 heterocycles. The van der Waals surface area contributed by atoms with Crippen LogP contribution in [0.4, 0.5) is 0 Å². The van der Waals surface area contributed by atoms with Crippen molar-refractivity contribution in [3.8, 4) is 11.5 Å². The summed E-state index contributed by atoms with van der Waals surface area (Å²) in [6, 6.07) is 0.450. The fourth-order valence-corrected chi connectivity index (χ4v) is 6.71. The van der Waals surface area contributed by atoms with E-state index in [0.717, 1.165) is 31.5 Å². The Morgan fingerprint density at radius 2 is 1.88 bits per heavy atom. The summed E-state index contributed by atoms with van der Waals surface area (Å²) in [7, 11) is 4.69. The Morgan fingerprint density at radius 1 is 1.20 bits per heavy atom. The number of hydrogen-bond acceptors (Lipinski definition) is 10. The Kier molecular flexibility index (Phi) is 8.04. The monoisotopic (exact) mass is 557 g/mol. The third-order valence-electron chi connectivity index (χ3n) is 8.62. The van der Waals surface area contributed by atoms with E-state index in [1.807, 2.05) is 6.92 Å². The van der Waals surface area contributed by atoms with Crippen LogP contribution in [-0.4, -0.2) is 93.6 Å². The molecule has 0 saturated carbocycles. The molecule has 218 valence electrons. The van der Waals surface area contributed by atoms with Gasteiger partial charge < -0.3 is 30.9 Å². The molecule has 40 heavy (non-hydrogen) atoms. The topological polar surface area (TPSA) is 174 Å². The fraction of sp³-hybridized carbons (Fsp3) is 0.552. The number of aliphatic hydroxyl groups excluding tert-OH is 2. The molecule has 0 unspecified atom stereocenters. The molecule has 0 bridgehead atoms. The maximum Gasteiger partial charge on any atom is 0.255 e. The predicted molar refractivity (Wildman–Crippen MR) is 146 cm³/mol. The number of phenols is 1. The number of unbranched alkanes of at least 4 members (excludes halogenated alkanes) is 1. The van der Waals surface area contributed by atoms with Crippen molar-refractivity contribution in [3.63, 3.8) is 0 Å². The molecule has 0 aliphatic heterocycles. The van der Waals surface area contributed by atoms with Gasteiger partial charge in [0, 0.05) is 29.2 Å². The second kappa shape index (κ2) is 10.9. The van der Waals surface area contributed by atoms with Crippen LogP contribution in [-0.2, 0) is 22.6 Å². The Bertz CT molecular complexity index is 1320. The van der Waals surface area contributed by atoms with Gasteiger partial charge in [-0.15, -0.1) is 0 Å². The summed E-state index contributed by atoms with van der Waals surface area (Å²) in [6.07, 6.45) is 2.25. The summed E-state index contributed by atoms with van der Waals surface area (Å²) >= 11 is 0. The average molecular weight is 558 g/mol. The Balaban J connectivity index is 1.87. The molecular weight excluding hydrogens is 518 g/mol. The number of amides is 1. The predicted octanol–water partition coefficient (Wildman–Crippen LogP) is 1.75. The largest absolute Gasteiger partial charge is 0.510 e. The molecule has 0 saturated heterocycles. The summed E-state index contributed by atoms with van der Waals surface area (Å²) < 4.78 is 5.78. The number of primary amides is 1. The van der Waals surface area contributed by atoms with Gasteiger partial charge in [-0.25, -0.2) is 0 Å². The van der Waals surface area contributed by atoms with Crippen LogP contribution in [0.1, 0.15) is 54.6 Å². The van der Waals surface area contributed by atoms with Crippen LogP contribution < -0.4 is 10.5 Å². The number of likely N-dealkylation sites (N-methyl/N-ethyl adjacent to an activating group) is 1. The standard InChI is InChI=1S/C29H39N3O8/c1-6-8-9-32(7-2)13-15-12-18(33)20-16(25(15)40-5)10-14-11-17-22(31(3)4)24(35)21(28(30)38)27(37)29(17,39)26(36)19(14)23(20)34/h12,14,17,22,33,35-36,39H,6-11,13H2,1-5H3,(H2,30,38)/t14-,17-,22-,29-/m0/s1. The minimum absolute atomic E-state index is 0.0253. The number of aliphatic hydroxyl groups is 3. The van der Waals surface area contributed by atoms with Gasteiger partial charge in [-0.3, -0.25) is 24.2 Å². The van der Waals surface area contributed by atoms with Crippen molar-refractivity contribution < 1.29 is 39.5 Å². The minimum Gasteiger partial charge on any atom is -0.510 e. The molecule has 0 radical (unpaired) electrons. The van der Waals surface area contributed by atoms with E-state index in [0.29, 0.717) is 17.9 Å². The molecule has 4 atom stereocenters. The number of nitrogens with zero attached hydrogens (tertiary/aromatic N) is 2. The normalized spacial score (nSPS) is 26.2. The molecule has 0 fully saturated rings. The zero-order valence-electron chi connectivity index (χ0n) is 23.7. The number of Topliss-reactive ketones (excluding diaryl/α,β-unsaturated/α-hetero) is 2. The van der Waals surface area contributed by atoms with Crippen molar-refractivity contribution in [1.29, 1.82) is 0 Å². The SMILES string of the molecule is CCCCN(CC)Cc1cc(O)c2c(c1OC)C[C@H]1C[C@H]3[C@H](N(C)C)C(O)=C(C(N)=O)C(=O)[C@@]3(O)C(O)=C1C2=O. The molecule has 3 aliphatic carbocycles. The number of fused-ring (bicyclic) bond motifs is 3. The second-order valence-corrected chi connectivity index (χ2v) is 11.1. The van der Waals surface area contributed by atoms with E-state index in [4.69, 9.17) is 10.5 Å². The Morgan fingerprint density at radius 3 is 2.42 bits per heavy atom. The molecular formula is C29H39N3O8. The molecule has 6 N–H and O–H groups in total. The number of hydrogen-bond donors (Lipinski definition) is 5. The van der Waals surface area contributed by atoms with Gasteiger partial charge in [0.25, 0.3) is 5.91 Å². The lowest BCUT2D eigenvalue weighted by Gasteiger charge is -2.50. The third-order valence-corrected chi connectivity index (χ3v) is 8.62. The highest BCUT2D eigenvalue weighted by Gasteiger charge is 2.63. The van der Waals surface area contributed by atoms with Gasteiger partial charge >= 0.3 is 0 Å². The highest BCUT2D eigenvalue weighted by atomic mass is 16.5. The Hall–Kier alpha value is -3.41. The first-order valence-corrected chi connectivity index (χ1v) is 13.6. The fourth-order valence-electron chi connectivity index (χ4n) is 6.71. The van der Waals surface area contributed by atoms with Crippen molar-refractivity contribution in [1.82, 2.24) is 9.80 Å². The highest BCUT2D eigenvalue weighted by Crippen LogP contribution is 2.53. The van der Waals surface area contributed by atoms with E-state index in [9.17, 15) is 34.8 Å². The highest BCUT2D eigenvalue weighted by molar-refractivity contribution is 6.24. The number of ketones is 2. The maximum atomic E-state index is 13.9. The molecule has 1 amide bonds. The maximum absolute atomic E-state index is 13.9. The van der Waals surface area contributed by atoms with E-state index >= 15 is 0 Å². The number of rotatable bonds is 9. The molecule has 1 aromatic carbocycles. The van der Waals surface area contributed by atoms with Crippen LogP contribution in [0.25, 0.3) is 0 Å². The zero-order valence-corrected chi connectivity index (χ0v) is 23.7. The number of allylic oxidation sites excluding steroid dienone is 1. The summed E-state index contributed by atoms with van der Waals surface area (Å²) in [5.41, 5.74) is 2.85. The van der Waals surface area contributed by atoms with Crippen LogP contribution in [0, 0.1) is 11.8 Å². The number of benzene rings is 1. The van der Waals surface area contributed by atoms with Crippen LogP contribution in [0.5, 0.6) is 11.5 Å². The van der Waals surface area contributed by atoms with Crippen molar-refractivity contribution in [2.45, 2.75) is 57.7 Å². The molecule has 11 heteroatoms. The van der Waals surface area contributed by atoms with Gasteiger partial charge in [-0.05, 0) is 58.4 Å². The number of carbonyl (C=O) groups excluding carboxylic acids is 3. The molecule has 1 aromatic rings. The van der Waals surface area contributed by atoms with Crippen molar-refractivity contribution in [3.05, 3.63) is 45.4 Å². The number of aromatic hydroxyl groups is 1. The first kappa shape index (κ1) is 29.6.